The molecular weight excluding hydrogens is 340 g/mol. The first-order chi connectivity index (χ1) is 12.8. The number of aliphatic hydroxyl groups is 2. The topological polar surface area (TPSA) is 58.9 Å². The highest BCUT2D eigenvalue weighted by Gasteiger charge is 2.56. The van der Waals surface area contributed by atoms with Crippen LogP contribution in [0.2, 0.25) is 0 Å². The number of hydrogen-bond acceptors (Lipinski definition) is 4. The predicted octanol–water partition coefficient (Wildman–Crippen LogP) is 2.97. The Morgan fingerprint density at radius 2 is 1.85 bits per heavy atom. The van der Waals surface area contributed by atoms with E-state index in [9.17, 15) is 10.2 Å². The summed E-state index contributed by atoms with van der Waals surface area (Å²) in [5.74, 6) is 12.4. The number of fused-ring (bicyclic) bond motifs is 1. The Morgan fingerprint density at radius 3 is 2.52 bits per heavy atom. The molecule has 27 heavy (non-hydrogen) atoms. The molecule has 150 valence electrons. The molecule has 3 fully saturated rings. The smallest absolute Gasteiger partial charge is 0.168 e. The van der Waals surface area contributed by atoms with Gasteiger partial charge in [0.25, 0.3) is 0 Å². The van der Waals surface area contributed by atoms with Crippen LogP contribution in [-0.2, 0) is 9.47 Å². The van der Waals surface area contributed by atoms with Gasteiger partial charge in [0.15, 0.2) is 5.79 Å². The van der Waals surface area contributed by atoms with Crippen LogP contribution in [0.1, 0.15) is 59.8 Å². The van der Waals surface area contributed by atoms with Crippen LogP contribution < -0.4 is 0 Å². The Morgan fingerprint density at radius 1 is 1.15 bits per heavy atom. The van der Waals surface area contributed by atoms with E-state index >= 15 is 0 Å². The van der Waals surface area contributed by atoms with Crippen LogP contribution in [0.25, 0.3) is 0 Å². The summed E-state index contributed by atoms with van der Waals surface area (Å²) in [6.45, 7) is 9.71. The van der Waals surface area contributed by atoms with Crippen LogP contribution >= 0.6 is 0 Å². The molecule has 1 spiro atoms. The fourth-order valence-corrected chi connectivity index (χ4v) is 4.55. The molecule has 1 heterocycles. The molecule has 6 atom stereocenters. The highest BCUT2D eigenvalue weighted by Crippen LogP contribution is 2.54. The van der Waals surface area contributed by atoms with Crippen molar-refractivity contribution in [3.63, 3.8) is 0 Å². The van der Waals surface area contributed by atoms with E-state index in [1.165, 1.54) is 0 Å². The number of ether oxygens (including phenoxy) is 2. The lowest BCUT2D eigenvalue weighted by atomic mass is 9.90. The van der Waals surface area contributed by atoms with E-state index in [1.807, 2.05) is 13.8 Å². The van der Waals surface area contributed by atoms with Crippen molar-refractivity contribution in [3.8, 4) is 23.7 Å². The minimum Gasteiger partial charge on any atom is -0.392 e. The van der Waals surface area contributed by atoms with Gasteiger partial charge in [-0.1, -0.05) is 39.5 Å². The fourth-order valence-electron chi connectivity index (χ4n) is 4.55. The van der Waals surface area contributed by atoms with Crippen LogP contribution in [0.5, 0.6) is 0 Å². The Bertz CT molecular complexity index is 637. The molecular formula is C23H34O4. The van der Waals surface area contributed by atoms with Crippen LogP contribution in [0.4, 0.5) is 0 Å². The third-order valence-electron chi connectivity index (χ3n) is 6.26. The van der Waals surface area contributed by atoms with E-state index in [4.69, 9.17) is 9.47 Å². The molecule has 0 radical (unpaired) electrons. The van der Waals surface area contributed by atoms with Gasteiger partial charge in [0, 0.05) is 42.9 Å². The predicted molar refractivity (Wildman–Crippen MR) is 104 cm³/mol. The van der Waals surface area contributed by atoms with E-state index in [2.05, 4.69) is 37.5 Å². The number of rotatable bonds is 2. The molecule has 4 nitrogen and oxygen atoms in total. The highest BCUT2D eigenvalue weighted by molar-refractivity contribution is 5.18. The lowest BCUT2D eigenvalue weighted by Gasteiger charge is -2.42. The molecule has 6 unspecified atom stereocenters. The van der Waals surface area contributed by atoms with Crippen molar-refractivity contribution in [2.24, 2.45) is 29.1 Å². The van der Waals surface area contributed by atoms with Gasteiger partial charge in [-0.05, 0) is 18.3 Å². The van der Waals surface area contributed by atoms with Crippen LogP contribution in [0.3, 0.4) is 0 Å². The second kappa shape index (κ2) is 8.14. The van der Waals surface area contributed by atoms with Gasteiger partial charge in [0.1, 0.15) is 6.10 Å². The van der Waals surface area contributed by atoms with Gasteiger partial charge in [-0.2, -0.15) is 0 Å². The van der Waals surface area contributed by atoms with Gasteiger partial charge in [0.05, 0.1) is 19.3 Å². The molecule has 0 amide bonds. The normalized spacial score (nSPS) is 35.5. The van der Waals surface area contributed by atoms with E-state index in [-0.39, 0.29) is 23.2 Å². The zero-order chi connectivity index (χ0) is 19.7. The molecule has 0 aromatic heterocycles. The summed E-state index contributed by atoms with van der Waals surface area (Å²) in [5, 5.41) is 20.8. The van der Waals surface area contributed by atoms with Gasteiger partial charge < -0.3 is 19.7 Å². The second-order valence-corrected chi connectivity index (χ2v) is 9.44. The molecule has 0 bridgehead atoms. The van der Waals surface area contributed by atoms with E-state index < -0.39 is 18.0 Å². The van der Waals surface area contributed by atoms with Crippen molar-refractivity contribution in [2.45, 2.75) is 77.8 Å². The first kappa shape index (κ1) is 20.7. The largest absolute Gasteiger partial charge is 0.392 e. The lowest BCUT2D eigenvalue weighted by molar-refractivity contribution is -0.298. The summed E-state index contributed by atoms with van der Waals surface area (Å²) in [5.41, 5.74) is 0.0581. The van der Waals surface area contributed by atoms with Crippen LogP contribution in [-0.4, -0.2) is 41.4 Å². The molecule has 1 saturated heterocycles. The standard InChI is InChI=1S/C23H34O4/c1-5-6-7-8-16(2)20(24)10-9-18-19-13-23(12-17(19)11-21(18)25)26-14-22(3,4)15-27-23/h16-21,24-25H,5,8,11-15H2,1-4H3. The first-order valence-electron chi connectivity index (χ1n) is 10.4. The van der Waals surface area contributed by atoms with Gasteiger partial charge in [0.2, 0.25) is 0 Å². The molecule has 2 N–H and O–H groups in total. The van der Waals surface area contributed by atoms with Gasteiger partial charge >= 0.3 is 0 Å². The SMILES string of the molecule is CCC#CCC(C)C(O)C#CC1C(O)CC2CC3(CC21)OCC(C)(C)CO3. The van der Waals surface area contributed by atoms with Crippen molar-refractivity contribution < 1.29 is 19.7 Å². The molecule has 0 aromatic carbocycles. The molecule has 2 saturated carbocycles. The van der Waals surface area contributed by atoms with Crippen molar-refractivity contribution >= 4 is 0 Å². The zero-order valence-electron chi connectivity index (χ0n) is 17.1. The van der Waals surface area contributed by atoms with Crippen molar-refractivity contribution in [3.05, 3.63) is 0 Å². The van der Waals surface area contributed by atoms with Crippen LogP contribution in [0.15, 0.2) is 0 Å². The summed E-state index contributed by atoms with van der Waals surface area (Å²) >= 11 is 0. The van der Waals surface area contributed by atoms with Crippen LogP contribution in [0, 0.1) is 52.8 Å². The van der Waals surface area contributed by atoms with E-state index in [1.54, 1.807) is 0 Å². The monoisotopic (exact) mass is 374 g/mol. The Balaban J connectivity index is 1.62. The van der Waals surface area contributed by atoms with Crippen molar-refractivity contribution in [2.75, 3.05) is 13.2 Å². The summed E-state index contributed by atoms with van der Waals surface area (Å²) in [6.07, 6.45) is 2.72. The van der Waals surface area contributed by atoms with Crippen molar-refractivity contribution in [1.29, 1.82) is 0 Å². The third kappa shape index (κ3) is 4.69. The maximum absolute atomic E-state index is 10.5. The fraction of sp³-hybridized carbons (Fsp3) is 0.826. The van der Waals surface area contributed by atoms with E-state index in [0.29, 0.717) is 25.6 Å². The highest BCUT2D eigenvalue weighted by atomic mass is 16.7. The van der Waals surface area contributed by atoms with E-state index in [0.717, 1.165) is 25.7 Å². The van der Waals surface area contributed by atoms with Gasteiger partial charge in [-0.25, -0.2) is 0 Å². The molecule has 4 heteroatoms. The van der Waals surface area contributed by atoms with Gasteiger partial charge in [-0.15, -0.1) is 11.8 Å². The Kier molecular flexibility index (Phi) is 6.24. The maximum Gasteiger partial charge on any atom is 0.168 e. The second-order valence-electron chi connectivity index (χ2n) is 9.44. The quantitative estimate of drug-likeness (QED) is 0.730. The minimum absolute atomic E-state index is 0.00746. The number of hydrogen-bond donors (Lipinski definition) is 2. The summed E-state index contributed by atoms with van der Waals surface area (Å²) in [4.78, 5) is 0. The molecule has 1 aliphatic heterocycles. The maximum atomic E-state index is 10.5. The van der Waals surface area contributed by atoms with Gasteiger partial charge in [-0.3, -0.25) is 0 Å². The summed E-state index contributed by atoms with van der Waals surface area (Å²) in [7, 11) is 0. The molecule has 0 aromatic rings. The zero-order valence-corrected chi connectivity index (χ0v) is 17.1. The summed E-state index contributed by atoms with van der Waals surface area (Å²) in [6, 6.07) is 0. The average molecular weight is 375 g/mol. The Labute approximate surface area is 164 Å². The Hall–Kier alpha value is -1.04. The molecule has 2 aliphatic carbocycles. The average Bonchev–Trinajstić information content (AvgIpc) is 3.09. The lowest BCUT2D eigenvalue weighted by Crippen LogP contribution is -2.46. The number of aliphatic hydroxyl groups excluding tert-OH is 2. The third-order valence-corrected chi connectivity index (χ3v) is 6.26. The molecule has 3 aliphatic rings. The summed E-state index contributed by atoms with van der Waals surface area (Å²) < 4.78 is 12.3. The molecule has 3 rings (SSSR count). The first-order valence-corrected chi connectivity index (χ1v) is 10.4. The van der Waals surface area contributed by atoms with Crippen molar-refractivity contribution in [1.82, 2.24) is 0 Å². The minimum atomic E-state index is -0.708.